The van der Waals surface area contributed by atoms with Crippen LogP contribution in [-0.2, 0) is 19.6 Å². The molecule has 0 aliphatic carbocycles. The number of thiazole rings is 1. The van der Waals surface area contributed by atoms with Gasteiger partial charge in [-0.1, -0.05) is 29.0 Å². The average molecular weight is 571 g/mol. The lowest BCUT2D eigenvalue weighted by atomic mass is 9.96. The summed E-state index contributed by atoms with van der Waals surface area (Å²) in [5.41, 5.74) is 4.34. The molecule has 0 atom stereocenters. The van der Waals surface area contributed by atoms with E-state index in [0.29, 0.717) is 37.4 Å². The highest BCUT2D eigenvalue weighted by Crippen LogP contribution is 2.33. The molecule has 2 aliphatic heterocycles. The Morgan fingerprint density at radius 1 is 1.03 bits per heavy atom. The van der Waals surface area contributed by atoms with E-state index in [9.17, 15) is 13.2 Å². The number of morpholine rings is 1. The maximum Gasteiger partial charge on any atom is 0.243 e. The molecular formula is C29H38N4O4S2. The Morgan fingerprint density at radius 3 is 2.38 bits per heavy atom. The SMILES string of the molecule is Cc1ccc(S(=O)(=O)N2CCC(C(=O)N(CCCN3CCOCC3)c3nc4cc(C)c(C)cc4s3)CC2)cc1. The fourth-order valence-electron chi connectivity index (χ4n) is 5.28. The molecule has 39 heavy (non-hydrogen) atoms. The number of piperidine rings is 1. The second-order valence-electron chi connectivity index (χ2n) is 10.7. The molecule has 3 aromatic rings. The zero-order valence-corrected chi connectivity index (χ0v) is 24.7. The van der Waals surface area contributed by atoms with Crippen LogP contribution in [0.15, 0.2) is 41.3 Å². The molecule has 2 aromatic carbocycles. The smallest absolute Gasteiger partial charge is 0.243 e. The molecule has 10 heteroatoms. The van der Waals surface area contributed by atoms with E-state index in [4.69, 9.17) is 9.72 Å². The van der Waals surface area contributed by atoms with Gasteiger partial charge in [0.1, 0.15) is 0 Å². The number of hydrogen-bond donors (Lipinski definition) is 0. The number of aromatic nitrogens is 1. The van der Waals surface area contributed by atoms with E-state index in [1.807, 2.05) is 24.0 Å². The predicted octanol–water partition coefficient (Wildman–Crippen LogP) is 4.38. The maximum atomic E-state index is 13.9. The van der Waals surface area contributed by atoms with E-state index >= 15 is 0 Å². The summed E-state index contributed by atoms with van der Waals surface area (Å²) in [6.07, 6.45) is 1.86. The van der Waals surface area contributed by atoms with E-state index in [0.717, 1.165) is 60.2 Å². The quantitative estimate of drug-likeness (QED) is 0.400. The normalized spacial score (nSPS) is 18.0. The van der Waals surface area contributed by atoms with Gasteiger partial charge in [0, 0.05) is 45.2 Å². The van der Waals surface area contributed by atoms with Crippen LogP contribution in [0.25, 0.3) is 10.2 Å². The van der Waals surface area contributed by atoms with Gasteiger partial charge < -0.3 is 4.74 Å². The number of sulfonamides is 1. The first kappa shape index (κ1) is 28.2. The standard InChI is InChI=1S/C29H38N4O4S2/c1-21-5-7-25(8-6-21)39(35,36)32-13-9-24(10-14-32)28(34)33(12-4-11-31-15-17-37-18-16-31)29-30-26-19-22(2)23(3)20-27(26)38-29/h5-8,19-20,24H,4,9-18H2,1-3H3. The molecule has 1 amide bonds. The molecular weight excluding hydrogens is 532 g/mol. The molecule has 0 saturated carbocycles. The topological polar surface area (TPSA) is 83.1 Å². The van der Waals surface area contributed by atoms with Crippen molar-refractivity contribution in [1.29, 1.82) is 0 Å². The third-order valence-corrected chi connectivity index (χ3v) is 10.9. The lowest BCUT2D eigenvalue weighted by Crippen LogP contribution is -2.45. The molecule has 0 spiro atoms. The molecule has 1 aromatic heterocycles. The number of amides is 1. The lowest BCUT2D eigenvalue weighted by molar-refractivity contribution is -0.123. The van der Waals surface area contributed by atoms with Gasteiger partial charge in [-0.3, -0.25) is 14.6 Å². The van der Waals surface area contributed by atoms with Crippen molar-refractivity contribution in [2.24, 2.45) is 5.92 Å². The minimum atomic E-state index is -3.57. The van der Waals surface area contributed by atoms with Gasteiger partial charge in [-0.25, -0.2) is 13.4 Å². The summed E-state index contributed by atoms with van der Waals surface area (Å²) in [5, 5.41) is 0.733. The molecule has 210 valence electrons. The number of benzene rings is 2. The second kappa shape index (κ2) is 12.0. The number of aryl methyl sites for hydroxylation is 3. The number of anilines is 1. The summed E-state index contributed by atoms with van der Waals surface area (Å²) in [7, 11) is -3.57. The Kier molecular flexibility index (Phi) is 8.68. The van der Waals surface area contributed by atoms with Crippen LogP contribution in [0, 0.1) is 26.7 Å². The van der Waals surface area contributed by atoms with Crippen molar-refractivity contribution in [3.63, 3.8) is 0 Å². The van der Waals surface area contributed by atoms with E-state index < -0.39 is 10.0 Å². The van der Waals surface area contributed by atoms with Gasteiger partial charge in [-0.15, -0.1) is 0 Å². The highest BCUT2D eigenvalue weighted by molar-refractivity contribution is 7.89. The van der Waals surface area contributed by atoms with Gasteiger partial charge in [0.15, 0.2) is 5.13 Å². The minimum Gasteiger partial charge on any atom is -0.379 e. The molecule has 8 nitrogen and oxygen atoms in total. The largest absolute Gasteiger partial charge is 0.379 e. The van der Waals surface area contributed by atoms with Crippen LogP contribution in [0.3, 0.4) is 0 Å². The van der Waals surface area contributed by atoms with Crippen molar-refractivity contribution in [3.8, 4) is 0 Å². The zero-order chi connectivity index (χ0) is 27.6. The van der Waals surface area contributed by atoms with E-state index in [1.54, 1.807) is 23.5 Å². The molecule has 3 heterocycles. The summed E-state index contributed by atoms with van der Waals surface area (Å²) in [6, 6.07) is 11.2. The van der Waals surface area contributed by atoms with Crippen LogP contribution in [0.1, 0.15) is 36.0 Å². The van der Waals surface area contributed by atoms with Crippen molar-refractivity contribution in [1.82, 2.24) is 14.2 Å². The van der Waals surface area contributed by atoms with Crippen LogP contribution in [-0.4, -0.2) is 81.0 Å². The van der Waals surface area contributed by atoms with Gasteiger partial charge in [-0.05, 0) is 75.4 Å². The highest BCUT2D eigenvalue weighted by atomic mass is 32.2. The average Bonchev–Trinajstić information content (AvgIpc) is 3.34. The predicted molar refractivity (Wildman–Crippen MR) is 156 cm³/mol. The van der Waals surface area contributed by atoms with Gasteiger partial charge in [0.05, 0.1) is 28.3 Å². The summed E-state index contributed by atoms with van der Waals surface area (Å²) in [6.45, 7) is 11.6. The molecule has 0 radical (unpaired) electrons. The van der Waals surface area contributed by atoms with E-state index in [2.05, 4.69) is 30.9 Å². The maximum absolute atomic E-state index is 13.9. The van der Waals surface area contributed by atoms with Crippen LogP contribution < -0.4 is 4.90 Å². The summed E-state index contributed by atoms with van der Waals surface area (Å²) in [4.78, 5) is 23.4. The monoisotopic (exact) mass is 570 g/mol. The van der Waals surface area contributed by atoms with Gasteiger partial charge >= 0.3 is 0 Å². The van der Waals surface area contributed by atoms with Crippen molar-refractivity contribution >= 4 is 42.6 Å². The summed E-state index contributed by atoms with van der Waals surface area (Å²) >= 11 is 1.56. The third-order valence-electron chi connectivity index (χ3n) is 7.91. The van der Waals surface area contributed by atoms with E-state index in [1.165, 1.54) is 15.4 Å². The number of rotatable bonds is 8. The first-order valence-corrected chi connectivity index (χ1v) is 16.0. The molecule has 2 fully saturated rings. The van der Waals surface area contributed by atoms with Crippen LogP contribution in [0.4, 0.5) is 5.13 Å². The molecule has 0 bridgehead atoms. The molecule has 2 aliphatic rings. The Labute approximate surface area is 235 Å². The van der Waals surface area contributed by atoms with Crippen molar-refractivity contribution in [3.05, 3.63) is 53.1 Å². The van der Waals surface area contributed by atoms with Gasteiger partial charge in [-0.2, -0.15) is 4.31 Å². The third kappa shape index (κ3) is 6.36. The number of carbonyl (C=O) groups excluding carboxylic acids is 1. The first-order chi connectivity index (χ1) is 18.7. The number of nitrogens with zero attached hydrogens (tertiary/aromatic N) is 4. The fourth-order valence-corrected chi connectivity index (χ4v) is 7.83. The highest BCUT2D eigenvalue weighted by Gasteiger charge is 2.35. The summed E-state index contributed by atoms with van der Waals surface area (Å²) in [5.74, 6) is -0.176. The Balaban J connectivity index is 1.31. The van der Waals surface area contributed by atoms with Crippen LogP contribution in [0.5, 0.6) is 0 Å². The van der Waals surface area contributed by atoms with Gasteiger partial charge in [0.25, 0.3) is 0 Å². The van der Waals surface area contributed by atoms with Crippen molar-refractivity contribution in [2.75, 3.05) is 57.4 Å². The van der Waals surface area contributed by atoms with Crippen molar-refractivity contribution < 1.29 is 17.9 Å². The molecule has 5 rings (SSSR count). The summed E-state index contributed by atoms with van der Waals surface area (Å²) < 4.78 is 34.4. The Morgan fingerprint density at radius 2 is 1.69 bits per heavy atom. The molecule has 2 saturated heterocycles. The van der Waals surface area contributed by atoms with Crippen LogP contribution in [0.2, 0.25) is 0 Å². The van der Waals surface area contributed by atoms with E-state index in [-0.39, 0.29) is 11.8 Å². The van der Waals surface area contributed by atoms with Crippen LogP contribution >= 0.6 is 11.3 Å². The Hall–Kier alpha value is -2.37. The molecule has 0 unspecified atom stereocenters. The second-order valence-corrected chi connectivity index (χ2v) is 13.6. The van der Waals surface area contributed by atoms with Gasteiger partial charge in [0.2, 0.25) is 15.9 Å². The van der Waals surface area contributed by atoms with Crippen molar-refractivity contribution in [2.45, 2.75) is 44.9 Å². The first-order valence-electron chi connectivity index (χ1n) is 13.8. The number of carbonyl (C=O) groups is 1. The fraction of sp³-hybridized carbons (Fsp3) is 0.517. The number of ether oxygens (including phenoxy) is 1. The lowest BCUT2D eigenvalue weighted by Gasteiger charge is -2.33. The zero-order valence-electron chi connectivity index (χ0n) is 23.1. The molecule has 0 N–H and O–H groups in total. The minimum absolute atomic E-state index is 0.0526. The Bertz CT molecular complexity index is 1370. The number of hydrogen-bond acceptors (Lipinski definition) is 7. The number of fused-ring (bicyclic) bond motifs is 1.